The third kappa shape index (κ3) is 3.82. The first-order chi connectivity index (χ1) is 17.6. The molecule has 37 heavy (non-hydrogen) atoms. The summed E-state index contributed by atoms with van der Waals surface area (Å²) in [6.07, 6.45) is 4.29. The molecule has 0 spiro atoms. The van der Waals surface area contributed by atoms with Crippen LogP contribution in [0.3, 0.4) is 0 Å². The molecule has 0 saturated carbocycles. The molecule has 0 atom stereocenters. The van der Waals surface area contributed by atoms with Crippen molar-refractivity contribution in [2.75, 3.05) is 38.4 Å². The average Bonchev–Trinajstić information content (AvgIpc) is 3.26. The molecule has 5 rings (SSSR count). The zero-order valence-corrected chi connectivity index (χ0v) is 20.4. The van der Waals surface area contributed by atoms with Crippen molar-refractivity contribution < 1.29 is 18.7 Å². The second-order valence-electron chi connectivity index (χ2n) is 8.91. The number of carbonyl (C=O) groups is 1. The van der Waals surface area contributed by atoms with Gasteiger partial charge in [0.25, 0.3) is 0 Å². The van der Waals surface area contributed by atoms with E-state index >= 15 is 4.39 Å². The first-order valence-corrected chi connectivity index (χ1v) is 11.2. The fraction of sp³-hybridized carbons (Fsp3) is 0.200. The van der Waals surface area contributed by atoms with Crippen LogP contribution in [-0.4, -0.2) is 63.3 Å². The van der Waals surface area contributed by atoms with Gasteiger partial charge in [0, 0.05) is 49.9 Å². The summed E-state index contributed by atoms with van der Waals surface area (Å²) < 4.78 is 31.2. The van der Waals surface area contributed by atoms with Crippen molar-refractivity contribution in [2.24, 2.45) is 7.05 Å². The van der Waals surface area contributed by atoms with E-state index in [0.717, 1.165) is 6.07 Å². The number of aromatic carboxylic acids is 1. The monoisotopic (exact) mass is 507 g/mol. The third-order valence-corrected chi connectivity index (χ3v) is 6.19. The third-order valence-electron chi connectivity index (χ3n) is 6.19. The lowest BCUT2D eigenvalue weighted by molar-refractivity contribution is 0.0695. The smallest absolute Gasteiger partial charge is 0.341 e. The number of H-pyrrole nitrogens is 1. The van der Waals surface area contributed by atoms with E-state index in [2.05, 4.69) is 25.6 Å². The molecule has 1 aromatic carbocycles. The van der Waals surface area contributed by atoms with Gasteiger partial charge < -0.3 is 25.3 Å². The minimum Gasteiger partial charge on any atom is -0.477 e. The number of aromatic amines is 1. The van der Waals surface area contributed by atoms with E-state index in [-0.39, 0.29) is 16.3 Å². The van der Waals surface area contributed by atoms with E-state index in [9.17, 15) is 19.1 Å². The zero-order valence-electron chi connectivity index (χ0n) is 20.4. The highest BCUT2D eigenvalue weighted by Crippen LogP contribution is 2.41. The van der Waals surface area contributed by atoms with Crippen molar-refractivity contribution in [3.63, 3.8) is 0 Å². The van der Waals surface area contributed by atoms with Gasteiger partial charge in [-0.15, -0.1) is 0 Å². The zero-order chi connectivity index (χ0) is 26.6. The van der Waals surface area contributed by atoms with Crippen LogP contribution in [0, 0.1) is 11.6 Å². The second kappa shape index (κ2) is 8.82. The molecule has 5 aromatic rings. The maximum absolute atomic E-state index is 15.2. The molecular formula is C25H23F2N7O3. The molecule has 0 aliphatic carbocycles. The van der Waals surface area contributed by atoms with E-state index in [0.29, 0.717) is 51.4 Å². The van der Waals surface area contributed by atoms with Gasteiger partial charge in [0.1, 0.15) is 16.9 Å². The van der Waals surface area contributed by atoms with E-state index in [1.54, 1.807) is 14.1 Å². The number of hydrogen-bond acceptors (Lipinski definition) is 7. The average molecular weight is 508 g/mol. The highest BCUT2D eigenvalue weighted by atomic mass is 19.2. The number of nitrogens with one attached hydrogen (secondary N) is 3. The topological polar surface area (TPSA) is 128 Å². The summed E-state index contributed by atoms with van der Waals surface area (Å²) in [6.45, 7) is 0.348. The van der Waals surface area contributed by atoms with Gasteiger partial charge >= 0.3 is 5.97 Å². The molecule has 0 saturated heterocycles. The van der Waals surface area contributed by atoms with Gasteiger partial charge in [0.15, 0.2) is 11.6 Å². The number of rotatable bonds is 6. The van der Waals surface area contributed by atoms with Gasteiger partial charge in [0.2, 0.25) is 5.43 Å². The number of carboxylic acid groups (broad SMARTS) is 1. The number of aryl methyl sites for hydroxylation is 1. The summed E-state index contributed by atoms with van der Waals surface area (Å²) in [4.78, 5) is 38.3. The number of aromatic nitrogens is 4. The summed E-state index contributed by atoms with van der Waals surface area (Å²) in [5.74, 6) is -3.39. The number of benzene rings is 1. The largest absolute Gasteiger partial charge is 0.477 e. The summed E-state index contributed by atoms with van der Waals surface area (Å²) in [5, 5.41) is 16.1. The Hall–Kier alpha value is -4.58. The van der Waals surface area contributed by atoms with E-state index in [4.69, 9.17) is 0 Å². The number of nitrogens with zero attached hydrogens (tertiary/aromatic N) is 4. The van der Waals surface area contributed by atoms with Crippen LogP contribution in [-0.2, 0) is 7.05 Å². The van der Waals surface area contributed by atoms with Crippen LogP contribution in [0.5, 0.6) is 0 Å². The Morgan fingerprint density at radius 3 is 2.62 bits per heavy atom. The van der Waals surface area contributed by atoms with Crippen molar-refractivity contribution in [3.05, 3.63) is 58.1 Å². The summed E-state index contributed by atoms with van der Waals surface area (Å²) in [6, 6.07) is 2.61. The molecule has 0 radical (unpaired) electrons. The van der Waals surface area contributed by atoms with Gasteiger partial charge in [-0.25, -0.2) is 23.5 Å². The van der Waals surface area contributed by atoms with Gasteiger partial charge in [-0.05, 0) is 20.2 Å². The van der Waals surface area contributed by atoms with Crippen molar-refractivity contribution in [1.82, 2.24) is 24.4 Å². The van der Waals surface area contributed by atoms with Crippen molar-refractivity contribution >= 4 is 50.3 Å². The molecule has 12 heteroatoms. The predicted molar refractivity (Wildman–Crippen MR) is 138 cm³/mol. The summed E-state index contributed by atoms with van der Waals surface area (Å²) in [7, 11) is 6.89. The molecule has 0 aliphatic rings. The number of anilines is 2. The molecule has 0 bridgehead atoms. The second-order valence-corrected chi connectivity index (χ2v) is 8.91. The van der Waals surface area contributed by atoms with Crippen LogP contribution < -0.4 is 16.1 Å². The molecular weight excluding hydrogens is 484 g/mol. The number of carboxylic acids is 1. The normalized spacial score (nSPS) is 11.6. The maximum atomic E-state index is 15.2. The van der Waals surface area contributed by atoms with Crippen LogP contribution in [0.4, 0.5) is 20.2 Å². The molecule has 4 N–H and O–H groups in total. The van der Waals surface area contributed by atoms with Crippen LogP contribution in [0.1, 0.15) is 10.4 Å². The van der Waals surface area contributed by atoms with Gasteiger partial charge in [-0.1, -0.05) is 0 Å². The van der Waals surface area contributed by atoms with Crippen molar-refractivity contribution in [1.29, 1.82) is 0 Å². The maximum Gasteiger partial charge on any atom is 0.341 e. The first kappa shape index (κ1) is 24.1. The number of fused-ring (bicyclic) bond motifs is 4. The van der Waals surface area contributed by atoms with Crippen molar-refractivity contribution in [2.45, 2.75) is 0 Å². The fourth-order valence-electron chi connectivity index (χ4n) is 4.46. The summed E-state index contributed by atoms with van der Waals surface area (Å²) in [5.41, 5.74) is 1.66. The number of hydrogen-bond donors (Lipinski definition) is 4. The lowest BCUT2D eigenvalue weighted by atomic mass is 10.0. The molecule has 4 heterocycles. The van der Waals surface area contributed by atoms with Crippen LogP contribution in [0.2, 0.25) is 0 Å². The molecule has 4 aromatic heterocycles. The van der Waals surface area contributed by atoms with Crippen molar-refractivity contribution in [3.8, 4) is 11.1 Å². The predicted octanol–water partition coefficient (Wildman–Crippen LogP) is 3.58. The number of halogens is 2. The minimum atomic E-state index is -1.35. The summed E-state index contributed by atoms with van der Waals surface area (Å²) >= 11 is 0. The Kier molecular flexibility index (Phi) is 5.75. The van der Waals surface area contributed by atoms with E-state index in [1.807, 2.05) is 19.0 Å². The SMILES string of the molecule is CNc1cc(F)c(F)c2c1[nH]c1ncc(-c3cnc4c(c3)c(=O)c(C(=O)O)cn4C)c(NCN(C)C)c12. The molecule has 10 nitrogen and oxygen atoms in total. The Labute approximate surface area is 208 Å². The minimum absolute atomic E-state index is 0.0211. The fourth-order valence-corrected chi connectivity index (χ4v) is 4.46. The van der Waals surface area contributed by atoms with Crippen LogP contribution in [0.15, 0.2) is 35.5 Å². The lowest BCUT2D eigenvalue weighted by Gasteiger charge is -2.17. The Bertz CT molecular complexity index is 1790. The highest BCUT2D eigenvalue weighted by molar-refractivity contribution is 6.17. The van der Waals surface area contributed by atoms with E-state index < -0.39 is 23.0 Å². The molecule has 0 amide bonds. The van der Waals surface area contributed by atoms with Gasteiger partial charge in [0.05, 0.1) is 39.7 Å². The standard InChI is InChI=1S/C25H23F2N7O3/c1-28-16-6-15(26)19(27)17-18-20(31-10-33(2)3)13(8-29-23(18)32-21(16)17)11-5-12-22(35)14(25(36)37)9-34(4)24(12)30-7-11/h5-9,28H,10H2,1-4H3,(H,36,37)(H2,29,31,32). The van der Waals surface area contributed by atoms with Crippen LogP contribution >= 0.6 is 0 Å². The Morgan fingerprint density at radius 1 is 1.19 bits per heavy atom. The molecule has 0 fully saturated rings. The van der Waals surface area contributed by atoms with Gasteiger partial charge in [-0.2, -0.15) is 0 Å². The van der Waals surface area contributed by atoms with Gasteiger partial charge in [-0.3, -0.25) is 9.69 Å². The molecule has 0 aliphatic heterocycles. The number of pyridine rings is 3. The van der Waals surface area contributed by atoms with E-state index in [1.165, 1.54) is 29.2 Å². The molecule has 190 valence electrons. The highest BCUT2D eigenvalue weighted by Gasteiger charge is 2.23. The van der Waals surface area contributed by atoms with Crippen LogP contribution in [0.25, 0.3) is 44.1 Å². The molecule has 0 unspecified atom stereocenters. The Morgan fingerprint density at radius 2 is 1.95 bits per heavy atom. The lowest BCUT2D eigenvalue weighted by Crippen LogP contribution is -2.21. The Balaban J connectivity index is 1.87. The first-order valence-electron chi connectivity index (χ1n) is 11.2. The quantitative estimate of drug-likeness (QED) is 0.257.